The lowest BCUT2D eigenvalue weighted by Crippen LogP contribution is -2.61. The predicted octanol–water partition coefficient (Wildman–Crippen LogP) is 2.99. The van der Waals surface area contributed by atoms with Crippen LogP contribution in [-0.2, 0) is 4.74 Å². The molecule has 1 N–H and O–H groups in total. The zero-order valence-corrected chi connectivity index (χ0v) is 21.0. The van der Waals surface area contributed by atoms with Gasteiger partial charge >= 0.3 is 0 Å². The van der Waals surface area contributed by atoms with Crippen molar-refractivity contribution in [1.29, 1.82) is 0 Å². The van der Waals surface area contributed by atoms with Crippen molar-refractivity contribution in [3.05, 3.63) is 18.7 Å². The quantitative estimate of drug-likeness (QED) is 0.369. The van der Waals surface area contributed by atoms with Crippen LogP contribution < -0.4 is 5.32 Å². The fourth-order valence-corrected chi connectivity index (χ4v) is 5.52. The number of halogens is 1. The number of nitrogens with one attached hydrogen (secondary N) is 1. The Hall–Kier alpha value is -0.870. The monoisotopic (exact) mass is 530 g/mol. The average molecular weight is 530 g/mol. The van der Waals surface area contributed by atoms with Crippen LogP contribution in [0.4, 0.5) is 0 Å². The van der Waals surface area contributed by atoms with Crippen LogP contribution in [0.3, 0.4) is 0 Å². The molecule has 3 heterocycles. The van der Waals surface area contributed by atoms with E-state index in [0.717, 1.165) is 51.9 Å². The van der Waals surface area contributed by atoms with Crippen LogP contribution in [0, 0.1) is 5.92 Å². The van der Waals surface area contributed by atoms with Crippen molar-refractivity contribution in [3.63, 3.8) is 0 Å². The van der Waals surface area contributed by atoms with Gasteiger partial charge in [0.2, 0.25) is 0 Å². The lowest BCUT2D eigenvalue weighted by molar-refractivity contribution is -0.0355. The maximum absolute atomic E-state index is 5.63. The smallest absolute Gasteiger partial charge is 0.193 e. The normalized spacial score (nSPS) is 28.1. The van der Waals surface area contributed by atoms with Crippen LogP contribution in [0.5, 0.6) is 0 Å². The van der Waals surface area contributed by atoms with E-state index in [0.29, 0.717) is 12.0 Å². The van der Waals surface area contributed by atoms with Crippen molar-refractivity contribution >= 4 is 29.9 Å². The van der Waals surface area contributed by atoms with E-state index in [2.05, 4.69) is 42.8 Å². The molecule has 0 aromatic carbocycles. The molecule has 1 aromatic heterocycles. The molecule has 7 nitrogen and oxygen atoms in total. The molecule has 3 fully saturated rings. The van der Waals surface area contributed by atoms with E-state index >= 15 is 0 Å². The summed E-state index contributed by atoms with van der Waals surface area (Å²) >= 11 is 0. The first-order valence-corrected chi connectivity index (χ1v) is 11.5. The molecule has 1 aliphatic carbocycles. The van der Waals surface area contributed by atoms with Gasteiger partial charge in [-0.05, 0) is 25.2 Å². The number of ether oxygens (including phenoxy) is 1. The molecule has 0 bridgehead atoms. The minimum atomic E-state index is 0. The third kappa shape index (κ3) is 5.30. The highest BCUT2D eigenvalue weighted by atomic mass is 127. The predicted molar refractivity (Wildman–Crippen MR) is 132 cm³/mol. The summed E-state index contributed by atoms with van der Waals surface area (Å²) in [6.45, 7) is 9.25. The topological polar surface area (TPSA) is 57.9 Å². The molecular weight excluding hydrogens is 491 g/mol. The molecule has 8 heteroatoms. The highest BCUT2D eigenvalue weighted by Gasteiger charge is 2.39. The third-order valence-corrected chi connectivity index (χ3v) is 7.38. The van der Waals surface area contributed by atoms with E-state index in [1.165, 1.54) is 38.5 Å². The molecule has 2 saturated heterocycles. The van der Waals surface area contributed by atoms with Gasteiger partial charge in [-0.3, -0.25) is 9.89 Å². The van der Waals surface area contributed by atoms with Gasteiger partial charge < -0.3 is 19.5 Å². The van der Waals surface area contributed by atoms with Gasteiger partial charge in [0, 0.05) is 57.7 Å². The Morgan fingerprint density at radius 1 is 1.20 bits per heavy atom. The summed E-state index contributed by atoms with van der Waals surface area (Å²) in [5.74, 6) is 1.71. The standard InChI is InChI=1S/C22H38N6O.HI/c1-19-6-10-26(16-20(19)27-11-9-24-18-27)21(23-2)25-17-22(7-4-3-5-8-22)28-12-14-29-15-13-28;/h9,11,18-20H,3-8,10,12-17H2,1-2H3,(H,23,25);1H. The third-order valence-electron chi connectivity index (χ3n) is 7.38. The minimum absolute atomic E-state index is 0. The van der Waals surface area contributed by atoms with Crippen LogP contribution in [0.2, 0.25) is 0 Å². The second-order valence-corrected chi connectivity index (χ2v) is 9.07. The Labute approximate surface area is 198 Å². The number of hydrogen-bond donors (Lipinski definition) is 1. The van der Waals surface area contributed by atoms with Crippen LogP contribution in [0.25, 0.3) is 0 Å². The Balaban J connectivity index is 0.00000256. The number of aromatic nitrogens is 2. The van der Waals surface area contributed by atoms with Gasteiger partial charge in [0.1, 0.15) is 0 Å². The number of morpholine rings is 1. The van der Waals surface area contributed by atoms with Crippen LogP contribution in [-0.4, -0.2) is 83.8 Å². The summed E-state index contributed by atoms with van der Waals surface area (Å²) in [7, 11) is 1.93. The van der Waals surface area contributed by atoms with E-state index in [9.17, 15) is 0 Å². The minimum Gasteiger partial charge on any atom is -0.379 e. The zero-order chi connectivity index (χ0) is 20.1. The summed E-state index contributed by atoms with van der Waals surface area (Å²) < 4.78 is 7.90. The van der Waals surface area contributed by atoms with E-state index in [4.69, 9.17) is 4.74 Å². The van der Waals surface area contributed by atoms with Crippen LogP contribution >= 0.6 is 24.0 Å². The molecule has 0 amide bonds. The second-order valence-electron chi connectivity index (χ2n) is 9.07. The van der Waals surface area contributed by atoms with Gasteiger partial charge in [0.15, 0.2) is 5.96 Å². The van der Waals surface area contributed by atoms with Gasteiger partial charge in [-0.25, -0.2) is 4.98 Å². The van der Waals surface area contributed by atoms with E-state index in [1.54, 1.807) is 0 Å². The molecule has 0 radical (unpaired) electrons. The number of piperidine rings is 1. The molecule has 0 spiro atoms. The maximum atomic E-state index is 5.63. The molecule has 2 aliphatic heterocycles. The van der Waals surface area contributed by atoms with Crippen molar-refractivity contribution in [2.75, 3.05) is 53.0 Å². The van der Waals surface area contributed by atoms with E-state index < -0.39 is 0 Å². The number of aliphatic imine (C=N–C) groups is 1. The lowest BCUT2D eigenvalue weighted by Gasteiger charge is -2.49. The van der Waals surface area contributed by atoms with E-state index in [1.807, 2.05) is 19.6 Å². The Bertz CT molecular complexity index is 655. The fourth-order valence-electron chi connectivity index (χ4n) is 5.52. The molecular formula is C22H39IN6O. The Morgan fingerprint density at radius 3 is 2.63 bits per heavy atom. The van der Waals surface area contributed by atoms with Crippen LogP contribution in [0.15, 0.2) is 23.7 Å². The van der Waals surface area contributed by atoms with Gasteiger partial charge in [0.05, 0.1) is 25.6 Å². The fraction of sp³-hybridized carbons (Fsp3) is 0.818. The number of nitrogens with zero attached hydrogens (tertiary/aromatic N) is 5. The average Bonchev–Trinajstić information content (AvgIpc) is 3.31. The maximum Gasteiger partial charge on any atom is 0.193 e. The molecule has 2 unspecified atom stereocenters. The van der Waals surface area contributed by atoms with Crippen molar-refractivity contribution in [1.82, 2.24) is 24.7 Å². The number of imidazole rings is 1. The highest BCUT2D eigenvalue weighted by molar-refractivity contribution is 14.0. The summed E-state index contributed by atoms with van der Waals surface area (Å²) in [4.78, 5) is 14.1. The molecule has 1 saturated carbocycles. The van der Waals surface area contributed by atoms with Crippen molar-refractivity contribution in [2.45, 2.75) is 57.0 Å². The van der Waals surface area contributed by atoms with Crippen LogP contribution in [0.1, 0.15) is 51.5 Å². The molecule has 2 atom stereocenters. The van der Waals surface area contributed by atoms with Crippen molar-refractivity contribution in [2.24, 2.45) is 10.9 Å². The van der Waals surface area contributed by atoms with Crippen molar-refractivity contribution < 1.29 is 4.74 Å². The second kappa shape index (κ2) is 11.1. The Morgan fingerprint density at radius 2 is 1.97 bits per heavy atom. The van der Waals surface area contributed by atoms with Gasteiger partial charge in [-0.2, -0.15) is 0 Å². The lowest BCUT2D eigenvalue weighted by atomic mass is 9.79. The molecule has 30 heavy (non-hydrogen) atoms. The first-order chi connectivity index (χ1) is 14.2. The number of likely N-dealkylation sites (tertiary alicyclic amines) is 1. The summed E-state index contributed by atoms with van der Waals surface area (Å²) in [5.41, 5.74) is 0.255. The molecule has 170 valence electrons. The first-order valence-electron chi connectivity index (χ1n) is 11.5. The highest BCUT2D eigenvalue weighted by Crippen LogP contribution is 2.34. The first kappa shape index (κ1) is 23.8. The molecule has 4 rings (SSSR count). The number of guanidine groups is 1. The zero-order valence-electron chi connectivity index (χ0n) is 18.6. The Kier molecular flexibility index (Phi) is 8.82. The van der Waals surface area contributed by atoms with Gasteiger partial charge in [-0.15, -0.1) is 24.0 Å². The van der Waals surface area contributed by atoms with E-state index in [-0.39, 0.29) is 29.5 Å². The largest absolute Gasteiger partial charge is 0.379 e. The molecule has 1 aromatic rings. The summed E-state index contributed by atoms with van der Waals surface area (Å²) in [6.07, 6.45) is 13.7. The number of hydrogen-bond acceptors (Lipinski definition) is 4. The number of rotatable bonds is 4. The summed E-state index contributed by atoms with van der Waals surface area (Å²) in [6, 6.07) is 0.452. The summed E-state index contributed by atoms with van der Waals surface area (Å²) in [5, 5.41) is 3.80. The van der Waals surface area contributed by atoms with Gasteiger partial charge in [0.25, 0.3) is 0 Å². The molecule has 3 aliphatic rings. The SMILES string of the molecule is CN=C(NCC1(N2CCOCC2)CCCCC1)N1CCC(C)C(n2ccnc2)C1.I. The van der Waals surface area contributed by atoms with Crippen molar-refractivity contribution in [3.8, 4) is 0 Å². The van der Waals surface area contributed by atoms with Gasteiger partial charge in [-0.1, -0.05) is 26.2 Å².